The summed E-state index contributed by atoms with van der Waals surface area (Å²) in [4.78, 5) is 22.5. The van der Waals surface area contributed by atoms with Crippen LogP contribution in [-0.2, 0) is 9.47 Å². The van der Waals surface area contributed by atoms with E-state index in [4.69, 9.17) is 27.9 Å². The Labute approximate surface area is 99.7 Å². The number of halogens is 2. The summed E-state index contributed by atoms with van der Waals surface area (Å²) in [5, 5.41) is 3.66. The molecule has 1 unspecified atom stereocenters. The van der Waals surface area contributed by atoms with Gasteiger partial charge in [0, 0.05) is 6.42 Å². The molecule has 0 bridgehead atoms. The van der Waals surface area contributed by atoms with Gasteiger partial charge in [-0.1, -0.05) is 23.2 Å². The molecule has 0 radical (unpaired) electrons. The van der Waals surface area contributed by atoms with Crippen molar-refractivity contribution in [2.24, 2.45) is 0 Å². The molecule has 0 aromatic carbocycles. The van der Waals surface area contributed by atoms with Crippen molar-refractivity contribution in [2.75, 3.05) is 6.61 Å². The second kappa shape index (κ2) is 4.31. The van der Waals surface area contributed by atoms with Crippen molar-refractivity contribution in [1.82, 2.24) is 9.78 Å². The summed E-state index contributed by atoms with van der Waals surface area (Å²) in [6.45, 7) is 0.165. The zero-order valence-electron chi connectivity index (χ0n) is 7.85. The van der Waals surface area contributed by atoms with Gasteiger partial charge in [-0.25, -0.2) is 4.79 Å². The number of aromatic nitrogens is 2. The minimum atomic E-state index is -0.837. The fourth-order valence-corrected chi connectivity index (χ4v) is 1.51. The zero-order chi connectivity index (χ0) is 11.7. The number of cyclic esters (lactones) is 2. The first kappa shape index (κ1) is 11.2. The van der Waals surface area contributed by atoms with E-state index in [-0.39, 0.29) is 16.7 Å². The maximum absolute atomic E-state index is 11.6. The van der Waals surface area contributed by atoms with Crippen LogP contribution in [0.4, 0.5) is 4.79 Å². The Morgan fingerprint density at radius 1 is 1.44 bits per heavy atom. The van der Waals surface area contributed by atoms with Gasteiger partial charge in [-0.3, -0.25) is 4.79 Å². The number of rotatable bonds is 1. The Hall–Kier alpha value is -1.27. The SMILES string of the molecule is O=C1OCCC(n2ncc(Cl)c(Cl)c2=O)O1. The van der Waals surface area contributed by atoms with Crippen molar-refractivity contribution in [1.29, 1.82) is 0 Å². The number of hydrogen-bond acceptors (Lipinski definition) is 5. The van der Waals surface area contributed by atoms with Crippen molar-refractivity contribution in [3.05, 3.63) is 26.6 Å². The fourth-order valence-electron chi connectivity index (χ4n) is 1.25. The number of carbonyl (C=O) groups excluding carboxylic acids is 1. The van der Waals surface area contributed by atoms with Crippen LogP contribution in [0.15, 0.2) is 11.0 Å². The van der Waals surface area contributed by atoms with Gasteiger partial charge in [0.2, 0.25) is 6.23 Å². The van der Waals surface area contributed by atoms with Crippen LogP contribution < -0.4 is 5.56 Å². The highest BCUT2D eigenvalue weighted by atomic mass is 35.5. The van der Waals surface area contributed by atoms with Crippen molar-refractivity contribution in [2.45, 2.75) is 12.6 Å². The van der Waals surface area contributed by atoms with Crippen molar-refractivity contribution < 1.29 is 14.3 Å². The molecule has 0 saturated carbocycles. The molecule has 1 fully saturated rings. The van der Waals surface area contributed by atoms with Gasteiger partial charge in [0.25, 0.3) is 5.56 Å². The third-order valence-electron chi connectivity index (χ3n) is 1.99. The standard InChI is InChI=1S/C8H6Cl2N2O4/c9-4-3-11-12(7(13)6(4)10)5-1-2-15-8(14)16-5/h3,5H,1-2H2. The monoisotopic (exact) mass is 264 g/mol. The Morgan fingerprint density at radius 2 is 2.19 bits per heavy atom. The summed E-state index contributed by atoms with van der Waals surface area (Å²) >= 11 is 11.3. The Kier molecular flexibility index (Phi) is 3.02. The number of ether oxygens (including phenoxy) is 2. The molecule has 0 aliphatic carbocycles. The van der Waals surface area contributed by atoms with Gasteiger partial charge < -0.3 is 9.47 Å². The van der Waals surface area contributed by atoms with E-state index in [1.54, 1.807) is 0 Å². The molecule has 2 heterocycles. The average Bonchev–Trinajstić information content (AvgIpc) is 2.26. The summed E-state index contributed by atoms with van der Waals surface area (Å²) in [5.41, 5.74) is -0.603. The molecule has 1 aliphatic rings. The predicted octanol–water partition coefficient (Wildman–Crippen LogP) is 1.61. The quantitative estimate of drug-likeness (QED) is 0.721. The predicted molar refractivity (Wildman–Crippen MR) is 54.6 cm³/mol. The summed E-state index contributed by atoms with van der Waals surface area (Å²) in [6, 6.07) is 0. The van der Waals surface area contributed by atoms with E-state index >= 15 is 0 Å². The highest BCUT2D eigenvalue weighted by Gasteiger charge is 2.25. The average molecular weight is 265 g/mol. The van der Waals surface area contributed by atoms with Crippen LogP contribution in [0.2, 0.25) is 10.0 Å². The minimum absolute atomic E-state index is 0.0568. The van der Waals surface area contributed by atoms with Crippen LogP contribution in [0, 0.1) is 0 Å². The molecule has 0 amide bonds. The van der Waals surface area contributed by atoms with E-state index in [2.05, 4.69) is 9.84 Å². The van der Waals surface area contributed by atoms with Crippen LogP contribution in [-0.4, -0.2) is 22.5 Å². The first-order valence-corrected chi connectivity index (χ1v) is 5.11. The zero-order valence-corrected chi connectivity index (χ0v) is 9.36. The van der Waals surface area contributed by atoms with Gasteiger partial charge in [0.1, 0.15) is 11.6 Å². The van der Waals surface area contributed by atoms with Crippen LogP contribution in [0.25, 0.3) is 0 Å². The topological polar surface area (TPSA) is 70.4 Å². The number of hydrogen-bond donors (Lipinski definition) is 0. The molecule has 6 nitrogen and oxygen atoms in total. The lowest BCUT2D eigenvalue weighted by atomic mass is 10.4. The number of carbonyl (C=O) groups is 1. The molecule has 0 N–H and O–H groups in total. The van der Waals surface area contributed by atoms with Crippen LogP contribution >= 0.6 is 23.2 Å². The molecule has 86 valence electrons. The molecule has 0 spiro atoms. The molecule has 2 rings (SSSR count). The summed E-state index contributed by atoms with van der Waals surface area (Å²) < 4.78 is 10.3. The van der Waals surface area contributed by atoms with Crippen molar-refractivity contribution in [3.8, 4) is 0 Å². The Morgan fingerprint density at radius 3 is 2.88 bits per heavy atom. The molecule has 1 aromatic rings. The van der Waals surface area contributed by atoms with E-state index in [9.17, 15) is 9.59 Å². The third kappa shape index (κ3) is 1.98. The van der Waals surface area contributed by atoms with Gasteiger partial charge in [-0.15, -0.1) is 0 Å². The molecular weight excluding hydrogens is 259 g/mol. The van der Waals surface area contributed by atoms with E-state index in [0.717, 1.165) is 4.68 Å². The molecule has 1 saturated heterocycles. The van der Waals surface area contributed by atoms with Crippen molar-refractivity contribution >= 4 is 29.4 Å². The molecule has 8 heteroatoms. The summed E-state index contributed by atoms with van der Waals surface area (Å²) in [7, 11) is 0. The molecule has 16 heavy (non-hydrogen) atoms. The molecule has 1 aromatic heterocycles. The van der Waals surface area contributed by atoms with E-state index < -0.39 is 17.9 Å². The van der Waals surface area contributed by atoms with Crippen LogP contribution in [0.5, 0.6) is 0 Å². The Bertz CT molecular complexity index is 487. The summed E-state index contributed by atoms with van der Waals surface area (Å²) in [5.74, 6) is 0. The Balaban J connectivity index is 2.37. The highest BCUT2D eigenvalue weighted by Crippen LogP contribution is 2.20. The third-order valence-corrected chi connectivity index (χ3v) is 2.74. The van der Waals surface area contributed by atoms with Gasteiger partial charge in [-0.05, 0) is 0 Å². The first-order valence-electron chi connectivity index (χ1n) is 4.36. The van der Waals surface area contributed by atoms with Gasteiger partial charge >= 0.3 is 6.16 Å². The van der Waals surface area contributed by atoms with E-state index in [1.807, 2.05) is 0 Å². The summed E-state index contributed by atoms with van der Waals surface area (Å²) in [6.07, 6.45) is -0.0925. The van der Waals surface area contributed by atoms with Gasteiger partial charge in [-0.2, -0.15) is 9.78 Å². The lowest BCUT2D eigenvalue weighted by Gasteiger charge is -2.22. The second-order valence-corrected chi connectivity index (χ2v) is 3.80. The maximum Gasteiger partial charge on any atom is 0.510 e. The minimum Gasteiger partial charge on any atom is -0.434 e. The molecular formula is C8H6Cl2N2O4. The first-order chi connectivity index (χ1) is 7.59. The maximum atomic E-state index is 11.6. The lowest BCUT2D eigenvalue weighted by molar-refractivity contribution is -0.0593. The number of nitrogens with zero attached hydrogens (tertiary/aromatic N) is 2. The van der Waals surface area contributed by atoms with Gasteiger partial charge in [0.05, 0.1) is 11.2 Å². The van der Waals surface area contributed by atoms with Crippen molar-refractivity contribution in [3.63, 3.8) is 0 Å². The highest BCUT2D eigenvalue weighted by molar-refractivity contribution is 6.41. The largest absolute Gasteiger partial charge is 0.510 e. The molecule has 1 atom stereocenters. The van der Waals surface area contributed by atoms with Crippen LogP contribution in [0.1, 0.15) is 12.6 Å². The normalized spacial score (nSPS) is 20.1. The fraction of sp³-hybridized carbons (Fsp3) is 0.375. The van der Waals surface area contributed by atoms with E-state index in [0.29, 0.717) is 6.42 Å². The smallest absolute Gasteiger partial charge is 0.434 e. The molecule has 1 aliphatic heterocycles. The van der Waals surface area contributed by atoms with E-state index in [1.165, 1.54) is 6.20 Å². The lowest BCUT2D eigenvalue weighted by Crippen LogP contribution is -2.34. The van der Waals surface area contributed by atoms with Gasteiger partial charge in [0.15, 0.2) is 0 Å². The second-order valence-electron chi connectivity index (χ2n) is 3.02. The van der Waals surface area contributed by atoms with Crippen LogP contribution in [0.3, 0.4) is 0 Å².